The first-order valence-corrected chi connectivity index (χ1v) is 7.93. The van der Waals surface area contributed by atoms with Gasteiger partial charge in [-0.25, -0.2) is 4.79 Å². The van der Waals surface area contributed by atoms with Gasteiger partial charge in [-0.05, 0) is 25.0 Å². The Kier molecular flexibility index (Phi) is 4.66. The van der Waals surface area contributed by atoms with Crippen LogP contribution in [0, 0.1) is 0 Å². The number of aliphatic hydroxyl groups excluding tert-OH is 1. The number of aliphatic hydroxyl groups is 1. The van der Waals surface area contributed by atoms with Gasteiger partial charge in [0.25, 0.3) is 0 Å². The maximum Gasteiger partial charge on any atom is 0.408 e. The van der Waals surface area contributed by atoms with Crippen molar-refractivity contribution >= 4 is 5.97 Å². The largest absolute Gasteiger partial charge is 0.487 e. The minimum atomic E-state index is -4.40. The number of halogens is 3. The molecule has 1 aromatic carbocycles. The fourth-order valence-electron chi connectivity index (χ4n) is 3.01. The normalized spacial score (nSPS) is 16.9. The van der Waals surface area contributed by atoms with E-state index in [-0.39, 0.29) is 12.3 Å². The van der Waals surface area contributed by atoms with Crippen molar-refractivity contribution in [1.29, 1.82) is 0 Å². The van der Waals surface area contributed by atoms with Crippen molar-refractivity contribution in [3.63, 3.8) is 0 Å². The van der Waals surface area contributed by atoms with Crippen molar-refractivity contribution in [3.05, 3.63) is 47.8 Å². The first-order valence-electron chi connectivity index (χ1n) is 7.93. The van der Waals surface area contributed by atoms with E-state index < -0.39 is 30.2 Å². The van der Waals surface area contributed by atoms with Crippen molar-refractivity contribution in [3.8, 4) is 5.75 Å². The molecule has 2 N–H and O–H groups in total. The monoisotopic (exact) mass is 370 g/mol. The molecule has 1 aliphatic carbocycles. The molecule has 6 nitrogen and oxygen atoms in total. The van der Waals surface area contributed by atoms with E-state index in [1.54, 1.807) is 24.3 Å². The molecular formula is C17H17F3N2O4. The second kappa shape index (κ2) is 6.64. The fraction of sp³-hybridized carbons (Fsp3) is 0.412. The molecule has 1 saturated carbocycles. The first-order chi connectivity index (χ1) is 12.2. The summed E-state index contributed by atoms with van der Waals surface area (Å²) in [6, 6.07) is 8.07. The van der Waals surface area contributed by atoms with Gasteiger partial charge < -0.3 is 14.9 Å². The average Bonchev–Trinajstić information content (AvgIpc) is 3.27. The van der Waals surface area contributed by atoms with Gasteiger partial charge in [0, 0.05) is 17.2 Å². The number of hydrogen-bond donors (Lipinski definition) is 2. The Labute approximate surface area is 146 Å². The van der Waals surface area contributed by atoms with Gasteiger partial charge in [0.1, 0.15) is 18.9 Å². The summed E-state index contributed by atoms with van der Waals surface area (Å²) in [6.07, 6.45) is -3.72. The van der Waals surface area contributed by atoms with Gasteiger partial charge in [0.2, 0.25) is 0 Å². The summed E-state index contributed by atoms with van der Waals surface area (Å²) < 4.78 is 44.2. The van der Waals surface area contributed by atoms with Crippen molar-refractivity contribution in [2.45, 2.75) is 43.7 Å². The summed E-state index contributed by atoms with van der Waals surface area (Å²) in [5, 5.41) is 22.8. The summed E-state index contributed by atoms with van der Waals surface area (Å²) in [5.74, 6) is -0.981. The Morgan fingerprint density at radius 2 is 2.00 bits per heavy atom. The number of aromatic nitrogens is 2. The Morgan fingerprint density at radius 1 is 1.31 bits per heavy atom. The summed E-state index contributed by atoms with van der Waals surface area (Å²) in [7, 11) is 0. The number of nitrogens with zero attached hydrogens (tertiary/aromatic N) is 2. The van der Waals surface area contributed by atoms with Gasteiger partial charge in [-0.3, -0.25) is 4.68 Å². The number of para-hydroxylation sites is 1. The number of alkyl halides is 3. The number of aliphatic carboxylic acids is 1. The van der Waals surface area contributed by atoms with Crippen molar-refractivity contribution in [1.82, 2.24) is 9.78 Å². The van der Waals surface area contributed by atoms with Gasteiger partial charge in [0.05, 0.1) is 5.69 Å². The lowest BCUT2D eigenvalue weighted by atomic mass is 9.89. The minimum absolute atomic E-state index is 0.160. The zero-order valence-electron chi connectivity index (χ0n) is 13.6. The lowest BCUT2D eigenvalue weighted by molar-refractivity contribution is -0.148. The highest BCUT2D eigenvalue weighted by atomic mass is 19.4. The Morgan fingerprint density at radius 3 is 2.62 bits per heavy atom. The second-order valence-corrected chi connectivity index (χ2v) is 6.28. The molecule has 1 aliphatic rings. The molecule has 0 saturated heterocycles. The summed E-state index contributed by atoms with van der Waals surface area (Å²) in [4.78, 5) is 11.2. The lowest BCUT2D eigenvalue weighted by Crippen LogP contribution is -2.34. The van der Waals surface area contributed by atoms with Crippen LogP contribution in [0.4, 0.5) is 13.2 Å². The highest BCUT2D eigenvalue weighted by Crippen LogP contribution is 2.53. The van der Waals surface area contributed by atoms with Crippen molar-refractivity contribution in [2.75, 3.05) is 0 Å². The molecule has 9 heteroatoms. The van der Waals surface area contributed by atoms with Crippen LogP contribution in [0.1, 0.15) is 24.1 Å². The summed E-state index contributed by atoms with van der Waals surface area (Å²) in [6.45, 7) is -1.38. The van der Waals surface area contributed by atoms with Gasteiger partial charge in [-0.1, -0.05) is 18.2 Å². The molecule has 0 amide bonds. The van der Waals surface area contributed by atoms with E-state index in [0.29, 0.717) is 24.2 Å². The van der Waals surface area contributed by atoms with Crippen LogP contribution in [0.3, 0.4) is 0 Å². The molecular weight excluding hydrogens is 353 g/mol. The summed E-state index contributed by atoms with van der Waals surface area (Å²) in [5.41, 5.74) is -0.146. The third kappa shape index (κ3) is 3.67. The Hall–Kier alpha value is -2.55. The molecule has 0 aliphatic heterocycles. The Balaban J connectivity index is 1.79. The van der Waals surface area contributed by atoms with E-state index in [4.69, 9.17) is 9.84 Å². The molecule has 1 atom stereocenters. The molecule has 0 bridgehead atoms. The minimum Gasteiger partial charge on any atom is -0.487 e. The number of rotatable bonds is 7. The number of carboxylic acid groups (broad SMARTS) is 1. The number of hydrogen-bond acceptors (Lipinski definition) is 4. The first kappa shape index (κ1) is 18.2. The van der Waals surface area contributed by atoms with Gasteiger partial charge >= 0.3 is 12.1 Å². The van der Waals surface area contributed by atoms with Crippen LogP contribution in [0.2, 0.25) is 0 Å². The molecule has 3 rings (SSSR count). The SMILES string of the molecule is O=C(O)C(O)C1(c2ccccc2OCc2ccnn2CC(F)(F)F)CC1. The van der Waals surface area contributed by atoms with Gasteiger partial charge in [-0.2, -0.15) is 18.3 Å². The third-order valence-electron chi connectivity index (χ3n) is 4.48. The van der Waals surface area contributed by atoms with Crippen LogP contribution < -0.4 is 4.74 Å². The Bertz CT molecular complexity index is 799. The topological polar surface area (TPSA) is 84.6 Å². The van der Waals surface area contributed by atoms with E-state index >= 15 is 0 Å². The van der Waals surface area contributed by atoms with Crippen LogP contribution in [0.5, 0.6) is 5.75 Å². The van der Waals surface area contributed by atoms with Crippen LogP contribution >= 0.6 is 0 Å². The molecule has 2 aromatic rings. The number of ether oxygens (including phenoxy) is 1. The number of benzene rings is 1. The predicted octanol–water partition coefficient (Wildman–Crippen LogP) is 2.50. The zero-order valence-corrected chi connectivity index (χ0v) is 13.6. The molecule has 1 unspecified atom stereocenters. The molecule has 0 radical (unpaired) electrons. The van der Waals surface area contributed by atoms with Gasteiger partial charge in [-0.15, -0.1) is 0 Å². The standard InChI is InChI=1S/C17H17F3N2O4/c18-17(19,20)10-22-11(5-8-21-22)9-26-13-4-2-1-3-12(13)16(6-7-16)14(23)15(24)25/h1-5,8,14,23H,6-7,9-10H2,(H,24,25). The highest BCUT2D eigenvalue weighted by molar-refractivity contribution is 5.76. The van der Waals surface area contributed by atoms with Crippen molar-refractivity contribution < 1.29 is 32.9 Å². The quantitative estimate of drug-likeness (QED) is 0.782. The number of carbonyl (C=O) groups is 1. The maximum atomic E-state index is 12.6. The average molecular weight is 370 g/mol. The van der Waals surface area contributed by atoms with E-state index in [9.17, 15) is 23.1 Å². The van der Waals surface area contributed by atoms with Crippen molar-refractivity contribution in [2.24, 2.45) is 0 Å². The summed E-state index contributed by atoms with van der Waals surface area (Å²) >= 11 is 0. The molecule has 1 fully saturated rings. The number of carboxylic acids is 1. The predicted molar refractivity (Wildman–Crippen MR) is 83.6 cm³/mol. The highest BCUT2D eigenvalue weighted by Gasteiger charge is 2.54. The second-order valence-electron chi connectivity index (χ2n) is 6.28. The van der Waals surface area contributed by atoms with E-state index in [2.05, 4.69) is 5.10 Å². The fourth-order valence-corrected chi connectivity index (χ4v) is 3.01. The zero-order chi connectivity index (χ0) is 18.9. The van der Waals surface area contributed by atoms with E-state index in [0.717, 1.165) is 4.68 Å². The molecule has 0 spiro atoms. The molecule has 1 heterocycles. The van der Waals surface area contributed by atoms with Crippen LogP contribution in [0.15, 0.2) is 36.5 Å². The van der Waals surface area contributed by atoms with Crippen LogP contribution in [0.25, 0.3) is 0 Å². The third-order valence-corrected chi connectivity index (χ3v) is 4.48. The molecule has 1 aromatic heterocycles. The van der Waals surface area contributed by atoms with Crippen LogP contribution in [-0.4, -0.2) is 38.2 Å². The molecule has 140 valence electrons. The van der Waals surface area contributed by atoms with Crippen LogP contribution in [-0.2, 0) is 23.4 Å². The lowest BCUT2D eigenvalue weighted by Gasteiger charge is -2.22. The molecule has 26 heavy (non-hydrogen) atoms. The maximum absolute atomic E-state index is 12.6. The smallest absolute Gasteiger partial charge is 0.408 e. The van der Waals surface area contributed by atoms with Gasteiger partial charge in [0.15, 0.2) is 6.10 Å². The van der Waals surface area contributed by atoms with E-state index in [1.807, 2.05) is 0 Å². The van der Waals surface area contributed by atoms with E-state index in [1.165, 1.54) is 12.3 Å².